The van der Waals surface area contributed by atoms with Gasteiger partial charge in [0.1, 0.15) is 17.5 Å². The number of hydrogen-bond donors (Lipinski definition) is 1. The van der Waals surface area contributed by atoms with Gasteiger partial charge >= 0.3 is 12.1 Å². The van der Waals surface area contributed by atoms with Crippen molar-refractivity contribution in [2.45, 2.75) is 12.6 Å². The Balaban J connectivity index is 3.66. The molecule has 0 spiro atoms. The predicted octanol–water partition coefficient (Wildman–Crippen LogP) is 2.61. The minimum Gasteiger partial charge on any atom is -0.478 e. The van der Waals surface area contributed by atoms with E-state index < -0.39 is 41.1 Å². The number of aromatic carboxylic acids is 1. The zero-order valence-corrected chi connectivity index (χ0v) is 8.29. The van der Waals surface area contributed by atoms with Crippen LogP contribution in [0.4, 0.5) is 22.0 Å². The average molecular weight is 266 g/mol. The van der Waals surface area contributed by atoms with Crippen LogP contribution in [0, 0.1) is 11.3 Å². The summed E-state index contributed by atoms with van der Waals surface area (Å²) in [5.74, 6) is -1.92. The fourth-order valence-electron chi connectivity index (χ4n) is 1.15. The monoisotopic (exact) mass is 266 g/mol. The second-order valence-electron chi connectivity index (χ2n) is 3.03. The van der Waals surface area contributed by atoms with Gasteiger partial charge in [-0.05, 0) is 6.07 Å². The lowest BCUT2D eigenvalue weighted by atomic mass is 10.1. The predicted molar refractivity (Wildman–Crippen MR) is 45.9 cm³/mol. The van der Waals surface area contributed by atoms with Gasteiger partial charge < -0.3 is 5.11 Å². The molecule has 1 aromatic heterocycles. The molecular weight excluding hydrogens is 263 g/mol. The third-order valence-corrected chi connectivity index (χ3v) is 1.89. The first kappa shape index (κ1) is 13.8. The van der Waals surface area contributed by atoms with E-state index in [1.54, 1.807) is 0 Å². The SMILES string of the molecule is N#Cc1c(C(=O)O)cc(C(F)(F)F)nc1C(F)F. The third kappa shape index (κ3) is 2.53. The zero-order valence-electron chi connectivity index (χ0n) is 8.29. The molecule has 0 aliphatic heterocycles. The molecule has 96 valence electrons. The smallest absolute Gasteiger partial charge is 0.433 e. The standard InChI is InChI=1S/C9H3F5N2O2/c10-7(11)6-4(2-15)3(8(17)18)1-5(16-6)9(12,13)14/h1,7H,(H,17,18). The van der Waals surface area contributed by atoms with Gasteiger partial charge in [-0.1, -0.05) is 0 Å². The average Bonchev–Trinajstić information content (AvgIpc) is 2.25. The van der Waals surface area contributed by atoms with Crippen molar-refractivity contribution in [1.82, 2.24) is 4.98 Å². The van der Waals surface area contributed by atoms with E-state index in [0.29, 0.717) is 0 Å². The molecule has 1 N–H and O–H groups in total. The van der Waals surface area contributed by atoms with Crippen molar-refractivity contribution in [3.8, 4) is 6.07 Å². The normalized spacial score (nSPS) is 11.4. The number of halogens is 5. The summed E-state index contributed by atoms with van der Waals surface area (Å²) >= 11 is 0. The van der Waals surface area contributed by atoms with Crippen molar-refractivity contribution >= 4 is 5.97 Å². The number of carboxylic acids is 1. The first-order chi connectivity index (χ1) is 8.18. The number of pyridine rings is 1. The van der Waals surface area contributed by atoms with E-state index in [9.17, 15) is 26.7 Å². The van der Waals surface area contributed by atoms with Crippen LogP contribution in [0.3, 0.4) is 0 Å². The molecule has 9 heteroatoms. The van der Waals surface area contributed by atoms with E-state index in [0.717, 1.165) is 6.07 Å². The number of rotatable bonds is 2. The van der Waals surface area contributed by atoms with Crippen molar-refractivity contribution in [2.24, 2.45) is 0 Å². The maximum absolute atomic E-state index is 12.5. The van der Waals surface area contributed by atoms with Crippen LogP contribution in [-0.2, 0) is 6.18 Å². The first-order valence-electron chi connectivity index (χ1n) is 4.22. The summed E-state index contributed by atoms with van der Waals surface area (Å²) in [5.41, 5.74) is -5.51. The summed E-state index contributed by atoms with van der Waals surface area (Å²) in [6, 6.07) is 1.16. The maximum atomic E-state index is 12.5. The highest BCUT2D eigenvalue weighted by molar-refractivity contribution is 5.91. The van der Waals surface area contributed by atoms with E-state index in [2.05, 4.69) is 4.98 Å². The zero-order chi connectivity index (χ0) is 14.1. The van der Waals surface area contributed by atoms with Crippen LogP contribution >= 0.6 is 0 Å². The molecule has 4 nitrogen and oxygen atoms in total. The number of nitriles is 1. The summed E-state index contributed by atoms with van der Waals surface area (Å²) in [4.78, 5) is 13.2. The van der Waals surface area contributed by atoms with E-state index in [1.165, 1.54) is 0 Å². The first-order valence-corrected chi connectivity index (χ1v) is 4.22. The number of carbonyl (C=O) groups is 1. The molecule has 0 aromatic carbocycles. The Morgan fingerprint density at radius 2 is 2.00 bits per heavy atom. The fraction of sp³-hybridized carbons (Fsp3) is 0.222. The summed E-state index contributed by atoms with van der Waals surface area (Å²) in [6.07, 6.45) is -8.57. The van der Waals surface area contributed by atoms with E-state index in [1.807, 2.05) is 0 Å². The minimum atomic E-state index is -5.08. The quantitative estimate of drug-likeness (QED) is 0.835. The van der Waals surface area contributed by atoms with Crippen LogP contribution < -0.4 is 0 Å². The molecule has 0 atom stereocenters. The molecule has 0 fully saturated rings. The number of hydrogen-bond acceptors (Lipinski definition) is 3. The highest BCUT2D eigenvalue weighted by Gasteiger charge is 2.36. The largest absolute Gasteiger partial charge is 0.478 e. The Morgan fingerprint density at radius 1 is 1.44 bits per heavy atom. The van der Waals surface area contributed by atoms with Gasteiger partial charge in [0, 0.05) is 0 Å². The molecule has 0 bridgehead atoms. The molecule has 0 aliphatic carbocycles. The molecule has 0 unspecified atom stereocenters. The van der Waals surface area contributed by atoms with Gasteiger partial charge in [-0.2, -0.15) is 18.4 Å². The number of alkyl halides is 5. The fourth-order valence-corrected chi connectivity index (χ4v) is 1.15. The lowest BCUT2D eigenvalue weighted by molar-refractivity contribution is -0.141. The summed E-state index contributed by atoms with van der Waals surface area (Å²) in [5, 5.41) is 17.1. The second-order valence-corrected chi connectivity index (χ2v) is 3.03. The molecule has 0 aliphatic rings. The molecule has 1 rings (SSSR count). The molecule has 0 saturated carbocycles. The van der Waals surface area contributed by atoms with Gasteiger partial charge in [0.2, 0.25) is 0 Å². The van der Waals surface area contributed by atoms with E-state index >= 15 is 0 Å². The van der Waals surface area contributed by atoms with Gasteiger partial charge in [0.05, 0.1) is 11.1 Å². The molecule has 1 heterocycles. The topological polar surface area (TPSA) is 74.0 Å². The van der Waals surface area contributed by atoms with Gasteiger partial charge in [0.15, 0.2) is 0 Å². The van der Waals surface area contributed by atoms with E-state index in [-0.39, 0.29) is 6.07 Å². The second kappa shape index (κ2) is 4.56. The Labute approximate surface area is 96.3 Å². The molecule has 0 radical (unpaired) electrons. The molecular formula is C9H3F5N2O2. The molecule has 1 aromatic rings. The highest BCUT2D eigenvalue weighted by atomic mass is 19.4. The van der Waals surface area contributed by atoms with Gasteiger partial charge in [-0.15, -0.1) is 0 Å². The van der Waals surface area contributed by atoms with Crippen LogP contribution in [0.25, 0.3) is 0 Å². The van der Waals surface area contributed by atoms with Crippen LogP contribution in [-0.4, -0.2) is 16.1 Å². The molecule has 18 heavy (non-hydrogen) atoms. The third-order valence-electron chi connectivity index (χ3n) is 1.89. The van der Waals surface area contributed by atoms with Crippen LogP contribution in [0.2, 0.25) is 0 Å². The molecule has 0 amide bonds. The van der Waals surface area contributed by atoms with Gasteiger partial charge in [-0.25, -0.2) is 18.6 Å². The summed E-state index contributed by atoms with van der Waals surface area (Å²) in [7, 11) is 0. The van der Waals surface area contributed by atoms with Crippen LogP contribution in [0.15, 0.2) is 6.07 Å². The molecule has 0 saturated heterocycles. The van der Waals surface area contributed by atoms with Crippen molar-refractivity contribution in [3.05, 3.63) is 28.6 Å². The maximum Gasteiger partial charge on any atom is 0.433 e. The lowest BCUT2D eigenvalue weighted by Crippen LogP contribution is -2.15. The van der Waals surface area contributed by atoms with Gasteiger partial charge in [0.25, 0.3) is 6.43 Å². The Bertz CT molecular complexity index is 533. The Kier molecular flexibility index (Phi) is 3.50. The van der Waals surface area contributed by atoms with Crippen LogP contribution in [0.1, 0.15) is 33.7 Å². The van der Waals surface area contributed by atoms with Crippen molar-refractivity contribution in [3.63, 3.8) is 0 Å². The lowest BCUT2D eigenvalue weighted by Gasteiger charge is -2.11. The van der Waals surface area contributed by atoms with Crippen LogP contribution in [0.5, 0.6) is 0 Å². The number of nitrogens with zero attached hydrogens (tertiary/aromatic N) is 2. The van der Waals surface area contributed by atoms with Crippen molar-refractivity contribution in [2.75, 3.05) is 0 Å². The van der Waals surface area contributed by atoms with Gasteiger partial charge in [-0.3, -0.25) is 0 Å². The Morgan fingerprint density at radius 3 is 2.33 bits per heavy atom. The highest BCUT2D eigenvalue weighted by Crippen LogP contribution is 2.32. The van der Waals surface area contributed by atoms with E-state index in [4.69, 9.17) is 10.4 Å². The number of aromatic nitrogens is 1. The Hall–Kier alpha value is -2.24. The summed E-state index contributed by atoms with van der Waals surface area (Å²) in [6.45, 7) is 0. The minimum absolute atomic E-state index is 0.0484. The summed E-state index contributed by atoms with van der Waals surface area (Å²) < 4.78 is 61.9. The van der Waals surface area contributed by atoms with Crippen molar-refractivity contribution < 1.29 is 31.9 Å². The number of carboxylic acid groups (broad SMARTS) is 1. The van der Waals surface area contributed by atoms with Crippen molar-refractivity contribution in [1.29, 1.82) is 5.26 Å².